The van der Waals surface area contributed by atoms with Gasteiger partial charge >= 0.3 is 11.1 Å². The molecule has 0 radical (unpaired) electrons. The third-order valence-corrected chi connectivity index (χ3v) is 3.81. The second kappa shape index (κ2) is 9.56. The van der Waals surface area contributed by atoms with Crippen LogP contribution < -0.4 is 0 Å². The summed E-state index contributed by atoms with van der Waals surface area (Å²) in [6, 6.07) is 0. The van der Waals surface area contributed by atoms with Crippen LogP contribution in [0.15, 0.2) is 0 Å². The summed E-state index contributed by atoms with van der Waals surface area (Å²) < 4.78 is 15.8. The molecular formula is C16H24N2O7. The Hall–Kier alpha value is -1.88. The fraction of sp³-hybridized carbons (Fsp3) is 0.750. The van der Waals surface area contributed by atoms with Gasteiger partial charge in [0.25, 0.3) is 5.97 Å². The molecule has 0 unspecified atom stereocenters. The molecule has 1 saturated heterocycles. The van der Waals surface area contributed by atoms with E-state index in [2.05, 4.69) is 9.69 Å². The van der Waals surface area contributed by atoms with Gasteiger partial charge in [0, 0.05) is 27.4 Å². The normalized spacial score (nSPS) is 25.8. The number of nitrogens with zero attached hydrogens (tertiary/aromatic N) is 2. The smallest absolute Gasteiger partial charge is 0.335 e. The zero-order chi connectivity index (χ0) is 19.7. The molecule has 0 aromatic carbocycles. The van der Waals surface area contributed by atoms with Gasteiger partial charge in [0.2, 0.25) is 11.6 Å². The maximum absolute atomic E-state index is 11.3. The van der Waals surface area contributed by atoms with E-state index >= 15 is 0 Å². The van der Waals surface area contributed by atoms with E-state index in [1.807, 2.05) is 6.92 Å². The quantitative estimate of drug-likeness (QED) is 0.654. The van der Waals surface area contributed by atoms with Crippen molar-refractivity contribution in [1.29, 1.82) is 0 Å². The third kappa shape index (κ3) is 5.56. The second-order valence-electron chi connectivity index (χ2n) is 5.59. The highest BCUT2D eigenvalue weighted by atomic mass is 16.9. The van der Waals surface area contributed by atoms with Gasteiger partial charge in [0.15, 0.2) is 0 Å². The predicted molar refractivity (Wildman–Crippen MR) is 86.1 cm³/mol. The highest BCUT2D eigenvalue weighted by Crippen LogP contribution is 2.28. The number of hydrogen-bond donors (Lipinski definition) is 2. The molecule has 1 aliphatic heterocycles. The van der Waals surface area contributed by atoms with Crippen LogP contribution in [0, 0.1) is 13.1 Å². The van der Waals surface area contributed by atoms with E-state index in [-0.39, 0.29) is 19.0 Å². The van der Waals surface area contributed by atoms with Gasteiger partial charge in [-0.05, 0) is 6.92 Å². The number of ketones is 2. The lowest BCUT2D eigenvalue weighted by Crippen LogP contribution is -2.55. The summed E-state index contributed by atoms with van der Waals surface area (Å²) in [4.78, 5) is 28.1. The number of aliphatic hydroxyl groups is 2. The van der Waals surface area contributed by atoms with Crippen molar-refractivity contribution in [1.82, 2.24) is 0 Å². The van der Waals surface area contributed by atoms with Gasteiger partial charge in [0.05, 0.1) is 0 Å². The van der Waals surface area contributed by atoms with Gasteiger partial charge in [-0.15, -0.1) is 0 Å². The van der Waals surface area contributed by atoms with Crippen molar-refractivity contribution >= 4 is 11.6 Å². The number of rotatable bonds is 6. The van der Waals surface area contributed by atoms with Crippen LogP contribution in [0.2, 0.25) is 0 Å². The lowest BCUT2D eigenvalue weighted by Gasteiger charge is -2.36. The van der Waals surface area contributed by atoms with E-state index in [9.17, 15) is 9.59 Å². The Morgan fingerprint density at radius 1 is 1.20 bits per heavy atom. The minimum Gasteiger partial charge on any atom is -0.387 e. The Morgan fingerprint density at radius 2 is 1.68 bits per heavy atom. The highest BCUT2D eigenvalue weighted by molar-refractivity contribution is 5.89. The fourth-order valence-corrected chi connectivity index (χ4v) is 1.70. The predicted octanol–water partition coefficient (Wildman–Crippen LogP) is 0.209. The van der Waals surface area contributed by atoms with Crippen LogP contribution in [-0.2, 0) is 23.8 Å². The largest absolute Gasteiger partial charge is 0.387 e. The van der Waals surface area contributed by atoms with E-state index in [1.165, 1.54) is 13.8 Å². The van der Waals surface area contributed by atoms with E-state index < -0.39 is 36.0 Å². The van der Waals surface area contributed by atoms with Crippen LogP contribution in [-0.4, -0.2) is 71.9 Å². The van der Waals surface area contributed by atoms with Crippen molar-refractivity contribution in [2.24, 2.45) is 0 Å². The van der Waals surface area contributed by atoms with Crippen LogP contribution >= 0.6 is 0 Å². The minimum absolute atomic E-state index is 0.0162. The number of hydrogen-bond acceptors (Lipinski definition) is 7. The molecule has 2 N–H and O–H groups in total. The molecule has 1 heterocycles. The molecule has 25 heavy (non-hydrogen) atoms. The number of carbonyl (C=O) groups excluding carboxylic acids is 2. The standard InChI is InChI=1S/C10H15NO4.C6H9NO3/c1-5-13-9(3)14-6-10(11-4,7-15-9)8(2)12;1-5(10)6(3-8,4-9)7-2/h5-7H2,1-3H3;8-9H,3-4H2,1H3. The number of carbonyl (C=O) groups is 2. The molecule has 0 atom stereocenters. The molecule has 1 aliphatic rings. The fourth-order valence-electron chi connectivity index (χ4n) is 1.70. The van der Waals surface area contributed by atoms with Crippen molar-refractivity contribution in [3.63, 3.8) is 0 Å². The lowest BCUT2D eigenvalue weighted by molar-refractivity contribution is -0.393. The molecule has 1 rings (SSSR count). The monoisotopic (exact) mass is 356 g/mol. The van der Waals surface area contributed by atoms with Crippen molar-refractivity contribution in [2.75, 3.05) is 33.0 Å². The van der Waals surface area contributed by atoms with Crippen LogP contribution in [0.3, 0.4) is 0 Å². The highest BCUT2D eigenvalue weighted by Gasteiger charge is 2.51. The lowest BCUT2D eigenvalue weighted by atomic mass is 9.97. The number of Topliss-reactive ketones (excluding diaryl/α,β-unsaturated/α-hetero) is 2. The average molecular weight is 356 g/mol. The van der Waals surface area contributed by atoms with E-state index in [1.54, 1.807) is 6.92 Å². The molecule has 9 nitrogen and oxygen atoms in total. The molecular weight excluding hydrogens is 332 g/mol. The van der Waals surface area contributed by atoms with Crippen molar-refractivity contribution < 1.29 is 34.0 Å². The van der Waals surface area contributed by atoms with Gasteiger partial charge in [-0.3, -0.25) is 19.3 Å². The van der Waals surface area contributed by atoms with Crippen molar-refractivity contribution in [3.05, 3.63) is 22.8 Å². The van der Waals surface area contributed by atoms with Crippen LogP contribution in [0.5, 0.6) is 0 Å². The first kappa shape index (κ1) is 23.1. The van der Waals surface area contributed by atoms with Gasteiger partial charge in [-0.25, -0.2) is 13.1 Å². The van der Waals surface area contributed by atoms with Crippen LogP contribution in [0.25, 0.3) is 9.69 Å². The van der Waals surface area contributed by atoms with Gasteiger partial charge in [-0.2, -0.15) is 0 Å². The Bertz CT molecular complexity index is 550. The summed E-state index contributed by atoms with van der Waals surface area (Å²) in [6.45, 7) is 18.8. The molecule has 9 heteroatoms. The second-order valence-corrected chi connectivity index (χ2v) is 5.59. The average Bonchev–Trinajstić information content (AvgIpc) is 2.58. The zero-order valence-electron chi connectivity index (χ0n) is 14.9. The Kier molecular flexibility index (Phi) is 8.84. The zero-order valence-corrected chi connectivity index (χ0v) is 14.9. The Labute approximate surface area is 147 Å². The first-order chi connectivity index (χ1) is 11.6. The Morgan fingerprint density at radius 3 is 1.88 bits per heavy atom. The molecule has 0 aromatic heterocycles. The summed E-state index contributed by atoms with van der Waals surface area (Å²) in [5.74, 6) is -1.87. The van der Waals surface area contributed by atoms with E-state index in [4.69, 9.17) is 37.6 Å². The van der Waals surface area contributed by atoms with E-state index in [0.29, 0.717) is 6.61 Å². The maximum atomic E-state index is 11.3. The van der Waals surface area contributed by atoms with Crippen LogP contribution in [0.4, 0.5) is 0 Å². The summed E-state index contributed by atoms with van der Waals surface area (Å²) in [6.07, 6.45) is 0. The summed E-state index contributed by atoms with van der Waals surface area (Å²) in [7, 11) is 0. The molecule has 0 aliphatic carbocycles. The molecule has 0 saturated carbocycles. The van der Waals surface area contributed by atoms with Gasteiger partial charge in [0.1, 0.15) is 26.4 Å². The van der Waals surface area contributed by atoms with Crippen molar-refractivity contribution in [2.45, 2.75) is 44.7 Å². The molecule has 0 spiro atoms. The first-order valence-corrected chi connectivity index (χ1v) is 7.53. The van der Waals surface area contributed by atoms with Crippen molar-refractivity contribution in [3.8, 4) is 0 Å². The van der Waals surface area contributed by atoms with Crippen LogP contribution in [0.1, 0.15) is 27.7 Å². The summed E-state index contributed by atoms with van der Waals surface area (Å²) in [5, 5.41) is 17.1. The number of ether oxygens (including phenoxy) is 3. The summed E-state index contributed by atoms with van der Waals surface area (Å²) >= 11 is 0. The minimum atomic E-state index is -1.61. The molecule has 0 bridgehead atoms. The summed E-state index contributed by atoms with van der Waals surface area (Å²) in [5.41, 5.74) is -2.81. The molecule has 140 valence electrons. The first-order valence-electron chi connectivity index (χ1n) is 7.53. The number of aliphatic hydroxyl groups excluding tert-OH is 2. The van der Waals surface area contributed by atoms with Gasteiger partial charge < -0.3 is 24.4 Å². The topological polar surface area (TPSA) is 111 Å². The molecule has 1 fully saturated rings. The molecule has 0 amide bonds. The molecule has 0 aromatic rings. The Balaban J connectivity index is 0.000000504. The SMILES string of the molecule is [C-]#[N+]C(CO)(CO)C(C)=O.[C-]#[N+]C1(C(C)=O)COC(C)(OCC)OC1. The van der Waals surface area contributed by atoms with Gasteiger partial charge in [-0.1, -0.05) is 0 Å². The van der Waals surface area contributed by atoms with E-state index in [0.717, 1.165) is 0 Å². The maximum Gasteiger partial charge on any atom is 0.335 e. The third-order valence-electron chi connectivity index (χ3n) is 3.81.